The van der Waals surface area contributed by atoms with Gasteiger partial charge in [-0.2, -0.15) is 0 Å². The number of benzene rings is 1. The van der Waals surface area contributed by atoms with Crippen LogP contribution in [-0.2, 0) is 19.1 Å². The van der Waals surface area contributed by atoms with E-state index in [-0.39, 0.29) is 11.3 Å². The Morgan fingerprint density at radius 1 is 1.22 bits per heavy atom. The number of carbonyl (C=O) groups excluding carboxylic acids is 2. The maximum Gasteiger partial charge on any atom is 0.350 e. The molecule has 146 valence electrons. The quantitative estimate of drug-likeness (QED) is 0.463. The summed E-state index contributed by atoms with van der Waals surface area (Å²) in [6.07, 6.45) is 3.54. The summed E-state index contributed by atoms with van der Waals surface area (Å²) in [4.78, 5) is 26.0. The van der Waals surface area contributed by atoms with Gasteiger partial charge in [-0.3, -0.25) is 4.90 Å². The Balaban J connectivity index is 1.57. The zero-order chi connectivity index (χ0) is 19.4. The Labute approximate surface area is 157 Å². The molecule has 27 heavy (non-hydrogen) atoms. The lowest BCUT2D eigenvalue weighted by Gasteiger charge is -2.29. The molecule has 3 rings (SSSR count). The van der Waals surface area contributed by atoms with Gasteiger partial charge in [0, 0.05) is 38.3 Å². The van der Waals surface area contributed by atoms with E-state index in [0.717, 1.165) is 25.8 Å². The second-order valence-corrected chi connectivity index (χ2v) is 6.92. The van der Waals surface area contributed by atoms with Crippen LogP contribution in [0.25, 0.3) is 0 Å². The van der Waals surface area contributed by atoms with Crippen LogP contribution in [0.2, 0.25) is 0 Å². The number of carbonyl (C=O) groups is 2. The summed E-state index contributed by atoms with van der Waals surface area (Å²) in [6.45, 7) is 6.24. The van der Waals surface area contributed by atoms with Gasteiger partial charge in [-0.1, -0.05) is 0 Å². The molecule has 2 saturated heterocycles. The van der Waals surface area contributed by atoms with Gasteiger partial charge in [0.15, 0.2) is 17.1 Å². The number of halogens is 1. The molecular weight excluding hydrogens is 355 g/mol. The van der Waals surface area contributed by atoms with Crippen LogP contribution in [0.1, 0.15) is 26.7 Å². The van der Waals surface area contributed by atoms with Crippen molar-refractivity contribution in [1.82, 2.24) is 4.90 Å². The van der Waals surface area contributed by atoms with Crippen LogP contribution in [0.4, 0.5) is 10.1 Å². The predicted molar refractivity (Wildman–Crippen MR) is 95.5 cm³/mol. The zero-order valence-electron chi connectivity index (χ0n) is 15.4. The number of cyclic esters (lactones) is 2. The Bertz CT molecular complexity index is 734. The highest BCUT2D eigenvalue weighted by molar-refractivity contribution is 6.15. The lowest BCUT2D eigenvalue weighted by Crippen LogP contribution is -2.42. The summed E-state index contributed by atoms with van der Waals surface area (Å²) >= 11 is 0. The first-order valence-electron chi connectivity index (χ1n) is 8.92. The van der Waals surface area contributed by atoms with Crippen LogP contribution in [0.15, 0.2) is 30.0 Å². The van der Waals surface area contributed by atoms with Gasteiger partial charge in [0.25, 0.3) is 5.79 Å². The Morgan fingerprint density at radius 2 is 1.89 bits per heavy atom. The third-order valence-electron chi connectivity index (χ3n) is 4.30. The molecule has 2 fully saturated rings. The van der Waals surface area contributed by atoms with Crippen molar-refractivity contribution in [2.45, 2.75) is 32.5 Å². The van der Waals surface area contributed by atoms with Gasteiger partial charge >= 0.3 is 11.9 Å². The van der Waals surface area contributed by atoms with Gasteiger partial charge in [0.2, 0.25) is 0 Å². The van der Waals surface area contributed by atoms with Crippen LogP contribution in [0, 0.1) is 5.82 Å². The molecule has 0 aliphatic carbocycles. The highest BCUT2D eigenvalue weighted by atomic mass is 19.1. The van der Waals surface area contributed by atoms with Crippen molar-refractivity contribution in [1.29, 1.82) is 0 Å². The minimum absolute atomic E-state index is 0.158. The molecule has 0 bridgehead atoms. The lowest BCUT2D eigenvalue weighted by molar-refractivity contribution is -0.222. The van der Waals surface area contributed by atoms with E-state index in [0.29, 0.717) is 12.3 Å². The molecule has 2 heterocycles. The second-order valence-electron chi connectivity index (χ2n) is 6.92. The molecule has 2 aliphatic heterocycles. The highest BCUT2D eigenvalue weighted by Crippen LogP contribution is 2.24. The first-order chi connectivity index (χ1) is 12.8. The molecule has 0 saturated carbocycles. The third kappa shape index (κ3) is 4.97. The number of rotatable bonds is 6. The summed E-state index contributed by atoms with van der Waals surface area (Å²) in [6, 6.07) is 4.32. The average Bonchev–Trinajstić information content (AvgIpc) is 3.08. The standard InChI is InChI=1S/C19H23FN2O5/c1-19(2)26-17(23)14(18(24)27-19)12-21-13-5-6-16(15(20)11-13)25-10-9-22-7-3-4-8-22/h5-6,11-12,21H,3-4,7-10H2,1-2H3. The minimum Gasteiger partial charge on any atom is -0.489 e. The fourth-order valence-corrected chi connectivity index (χ4v) is 2.93. The topological polar surface area (TPSA) is 77.1 Å². The normalized spacial score (nSPS) is 19.4. The summed E-state index contributed by atoms with van der Waals surface area (Å²) in [5.41, 5.74) is 0.0676. The summed E-state index contributed by atoms with van der Waals surface area (Å²) in [5.74, 6) is -3.27. The van der Waals surface area contributed by atoms with Crippen molar-refractivity contribution < 1.29 is 28.2 Å². The number of nitrogens with zero attached hydrogens (tertiary/aromatic N) is 1. The molecule has 1 aromatic rings. The number of anilines is 1. The second kappa shape index (κ2) is 7.96. The van der Waals surface area contributed by atoms with Crippen LogP contribution < -0.4 is 10.1 Å². The molecule has 8 heteroatoms. The number of hydrogen-bond acceptors (Lipinski definition) is 7. The monoisotopic (exact) mass is 378 g/mol. The maximum absolute atomic E-state index is 14.2. The van der Waals surface area contributed by atoms with Crippen LogP contribution >= 0.6 is 0 Å². The van der Waals surface area contributed by atoms with Crippen LogP contribution in [0.5, 0.6) is 5.75 Å². The van der Waals surface area contributed by atoms with E-state index in [2.05, 4.69) is 10.2 Å². The molecular formula is C19H23FN2O5. The summed E-state index contributed by atoms with van der Waals surface area (Å²) in [5, 5.41) is 2.70. The molecule has 0 unspecified atom stereocenters. The SMILES string of the molecule is CC1(C)OC(=O)C(=CNc2ccc(OCCN3CCCC3)c(F)c2)C(=O)O1. The molecule has 1 N–H and O–H groups in total. The van der Waals surface area contributed by atoms with Gasteiger partial charge in [-0.25, -0.2) is 14.0 Å². The van der Waals surface area contributed by atoms with Crippen LogP contribution in [-0.4, -0.2) is 48.9 Å². The summed E-state index contributed by atoms with van der Waals surface area (Å²) < 4.78 is 29.7. The number of ether oxygens (including phenoxy) is 3. The largest absolute Gasteiger partial charge is 0.489 e. The summed E-state index contributed by atoms with van der Waals surface area (Å²) in [7, 11) is 0. The molecule has 0 amide bonds. The first kappa shape index (κ1) is 19.2. The van der Waals surface area contributed by atoms with Crippen molar-refractivity contribution in [3.8, 4) is 5.75 Å². The Hall–Kier alpha value is -2.61. The molecule has 0 spiro atoms. The Morgan fingerprint density at radius 3 is 2.52 bits per heavy atom. The number of nitrogens with one attached hydrogen (secondary N) is 1. The van der Waals surface area contributed by atoms with E-state index in [4.69, 9.17) is 14.2 Å². The predicted octanol–water partition coefficient (Wildman–Crippen LogP) is 2.43. The molecule has 7 nitrogen and oxygen atoms in total. The van der Waals surface area contributed by atoms with E-state index in [1.165, 1.54) is 38.8 Å². The Kier molecular flexibility index (Phi) is 5.65. The van der Waals surface area contributed by atoms with Gasteiger partial charge in [0.05, 0.1) is 0 Å². The van der Waals surface area contributed by atoms with E-state index in [1.807, 2.05) is 0 Å². The van der Waals surface area contributed by atoms with Crippen molar-refractivity contribution in [2.24, 2.45) is 0 Å². The molecule has 2 aliphatic rings. The van der Waals surface area contributed by atoms with Crippen molar-refractivity contribution in [2.75, 3.05) is 31.6 Å². The van der Waals surface area contributed by atoms with Gasteiger partial charge in [-0.05, 0) is 38.1 Å². The van der Waals surface area contributed by atoms with Gasteiger partial charge < -0.3 is 19.5 Å². The van der Waals surface area contributed by atoms with E-state index in [1.54, 1.807) is 6.07 Å². The van der Waals surface area contributed by atoms with E-state index >= 15 is 0 Å². The molecule has 1 aromatic carbocycles. The molecule has 0 atom stereocenters. The lowest BCUT2D eigenvalue weighted by atomic mass is 10.2. The van der Waals surface area contributed by atoms with E-state index in [9.17, 15) is 14.0 Å². The fourth-order valence-electron chi connectivity index (χ4n) is 2.93. The average molecular weight is 378 g/mol. The maximum atomic E-state index is 14.2. The third-order valence-corrected chi connectivity index (χ3v) is 4.30. The smallest absolute Gasteiger partial charge is 0.350 e. The number of esters is 2. The number of likely N-dealkylation sites (tertiary alicyclic amines) is 1. The molecule has 0 radical (unpaired) electrons. The number of hydrogen-bond donors (Lipinski definition) is 1. The zero-order valence-corrected chi connectivity index (χ0v) is 15.4. The minimum atomic E-state index is -1.30. The van der Waals surface area contributed by atoms with Gasteiger partial charge in [0.1, 0.15) is 6.61 Å². The first-order valence-corrected chi connectivity index (χ1v) is 8.92. The molecule has 0 aromatic heterocycles. The van der Waals surface area contributed by atoms with Crippen molar-refractivity contribution in [3.63, 3.8) is 0 Å². The highest BCUT2D eigenvalue weighted by Gasteiger charge is 2.38. The van der Waals surface area contributed by atoms with Gasteiger partial charge in [-0.15, -0.1) is 0 Å². The van der Waals surface area contributed by atoms with Crippen LogP contribution in [0.3, 0.4) is 0 Å². The van der Waals surface area contributed by atoms with Crippen molar-refractivity contribution in [3.05, 3.63) is 35.8 Å². The van der Waals surface area contributed by atoms with Crippen molar-refractivity contribution >= 4 is 17.6 Å². The van der Waals surface area contributed by atoms with E-state index < -0.39 is 23.5 Å². The fraction of sp³-hybridized carbons (Fsp3) is 0.474.